The van der Waals surface area contributed by atoms with Crippen molar-refractivity contribution in [3.8, 4) is 6.07 Å². The maximum absolute atomic E-state index is 13.4. The number of nitrogens with one attached hydrogen (secondary N) is 1. The van der Waals surface area contributed by atoms with Gasteiger partial charge in [0.2, 0.25) is 0 Å². The Morgan fingerprint density at radius 2 is 1.68 bits per heavy atom. The van der Waals surface area contributed by atoms with Crippen LogP contribution in [0.1, 0.15) is 31.7 Å². The summed E-state index contributed by atoms with van der Waals surface area (Å²) >= 11 is 0. The van der Waals surface area contributed by atoms with Crippen molar-refractivity contribution in [3.63, 3.8) is 0 Å². The molecule has 1 aliphatic rings. The van der Waals surface area contributed by atoms with Crippen LogP contribution in [-0.2, 0) is 18.9 Å². The van der Waals surface area contributed by atoms with Crippen LogP contribution in [0.5, 0.6) is 0 Å². The molecule has 148 valence electrons. The van der Waals surface area contributed by atoms with Gasteiger partial charge in [-0.2, -0.15) is 5.26 Å². The van der Waals surface area contributed by atoms with E-state index in [1.54, 1.807) is 13.8 Å². The third kappa shape index (κ3) is 5.01. The summed E-state index contributed by atoms with van der Waals surface area (Å²) in [6, 6.07) is 7.28. The number of hydrogen-bond acceptors (Lipinski definition) is 8. The maximum Gasteiger partial charge on any atom is 0.513 e. The first-order chi connectivity index (χ1) is 13.4. The van der Waals surface area contributed by atoms with Crippen molar-refractivity contribution < 1.29 is 32.9 Å². The molecule has 1 unspecified atom stereocenters. The zero-order valence-electron chi connectivity index (χ0n) is 15.6. The van der Waals surface area contributed by atoms with E-state index in [0.29, 0.717) is 17.0 Å². The average Bonchev–Trinajstić information content (AvgIpc) is 2.66. The van der Waals surface area contributed by atoms with Gasteiger partial charge in [0.25, 0.3) is 0 Å². The largest absolute Gasteiger partial charge is 0.513 e. The summed E-state index contributed by atoms with van der Waals surface area (Å²) in [6.07, 6.45) is -1.96. The second kappa shape index (κ2) is 9.41. The Bertz CT molecular complexity index is 854. The van der Waals surface area contributed by atoms with E-state index in [4.69, 9.17) is 19.5 Å². The van der Waals surface area contributed by atoms with Crippen LogP contribution in [0.4, 0.5) is 14.0 Å². The number of methoxy groups -OCH3 is 1. The van der Waals surface area contributed by atoms with Crippen LogP contribution in [0.3, 0.4) is 0 Å². The van der Waals surface area contributed by atoms with Crippen LogP contribution in [0.15, 0.2) is 47.2 Å². The molecule has 0 aromatic heterocycles. The summed E-state index contributed by atoms with van der Waals surface area (Å²) in [5, 5.41) is 11.5. The van der Waals surface area contributed by atoms with Gasteiger partial charge in [-0.1, -0.05) is 12.1 Å². The lowest BCUT2D eigenvalue weighted by Crippen LogP contribution is -2.29. The minimum Gasteiger partial charge on any atom is -0.437 e. The Balaban J connectivity index is 2.40. The molecule has 2 rings (SSSR count). The lowest BCUT2D eigenvalue weighted by atomic mass is 9.90. The van der Waals surface area contributed by atoms with Gasteiger partial charge in [-0.15, -0.1) is 0 Å². The van der Waals surface area contributed by atoms with Crippen LogP contribution in [0, 0.1) is 17.1 Å². The van der Waals surface area contributed by atoms with Crippen LogP contribution in [0.2, 0.25) is 0 Å². The summed E-state index contributed by atoms with van der Waals surface area (Å²) in [4.78, 5) is 23.7. The first-order valence-corrected chi connectivity index (χ1v) is 8.28. The Kier molecular flexibility index (Phi) is 6.98. The molecular formula is C19H19FN2O6. The van der Waals surface area contributed by atoms with Gasteiger partial charge in [0.05, 0.1) is 31.0 Å². The van der Waals surface area contributed by atoms with E-state index in [0.717, 1.165) is 7.11 Å². The summed E-state index contributed by atoms with van der Waals surface area (Å²) in [5.74, 6) is -1.04. The number of allylic oxidation sites excluding steroid dienone is 2. The molecule has 1 atom stereocenters. The molecule has 1 aromatic carbocycles. The molecule has 0 radical (unpaired) electrons. The fourth-order valence-corrected chi connectivity index (χ4v) is 2.62. The second-order valence-corrected chi connectivity index (χ2v) is 5.75. The molecule has 0 amide bonds. The van der Waals surface area contributed by atoms with Gasteiger partial charge in [0.1, 0.15) is 29.9 Å². The van der Waals surface area contributed by atoms with E-state index in [2.05, 4.69) is 10.1 Å². The number of ether oxygens (including phenoxy) is 4. The second-order valence-electron chi connectivity index (χ2n) is 5.75. The smallest absolute Gasteiger partial charge is 0.437 e. The van der Waals surface area contributed by atoms with Crippen molar-refractivity contribution in [2.75, 3.05) is 13.7 Å². The Morgan fingerprint density at radius 1 is 1.11 bits per heavy atom. The number of nitrogens with zero attached hydrogens (tertiary/aromatic N) is 1. The van der Waals surface area contributed by atoms with Gasteiger partial charge >= 0.3 is 12.3 Å². The molecule has 0 bridgehead atoms. The van der Waals surface area contributed by atoms with Crippen LogP contribution in [-0.4, -0.2) is 26.0 Å². The van der Waals surface area contributed by atoms with E-state index in [9.17, 15) is 14.0 Å². The van der Waals surface area contributed by atoms with Crippen molar-refractivity contribution in [1.82, 2.24) is 5.32 Å². The van der Waals surface area contributed by atoms with Crippen molar-refractivity contribution in [3.05, 3.63) is 58.6 Å². The van der Waals surface area contributed by atoms with Gasteiger partial charge in [0, 0.05) is 0 Å². The molecule has 0 fully saturated rings. The first-order valence-electron chi connectivity index (χ1n) is 8.28. The average molecular weight is 390 g/mol. The molecule has 1 aromatic rings. The third-order valence-corrected chi connectivity index (χ3v) is 3.83. The molecule has 28 heavy (non-hydrogen) atoms. The minimum absolute atomic E-state index is 0.0164. The molecule has 0 spiro atoms. The van der Waals surface area contributed by atoms with Gasteiger partial charge in [0.15, 0.2) is 0 Å². The normalized spacial score (nSPS) is 16.0. The molecule has 0 aliphatic carbocycles. The van der Waals surface area contributed by atoms with E-state index < -0.39 is 24.0 Å². The molecule has 9 heteroatoms. The number of hydrogen-bond donors (Lipinski definition) is 1. The van der Waals surface area contributed by atoms with Crippen molar-refractivity contribution in [2.45, 2.75) is 26.2 Å². The highest BCUT2D eigenvalue weighted by Gasteiger charge is 2.35. The Morgan fingerprint density at radius 3 is 2.21 bits per heavy atom. The van der Waals surface area contributed by atoms with E-state index in [-0.39, 0.29) is 24.5 Å². The van der Waals surface area contributed by atoms with Crippen LogP contribution >= 0.6 is 0 Å². The summed E-state index contributed by atoms with van der Waals surface area (Å²) in [7, 11) is 1.16. The SMILES string of the molecule is COC(=O)OC1=C(C)NC(C)=C(OC(=O)OCCC#N)C1c1ccc(F)cc1. The standard InChI is InChI=1S/C19H19FN2O6/c1-11-16(27-18(23)25-3)15(13-5-7-14(20)8-6-13)17(12(2)22-11)28-19(24)26-10-4-9-21/h5-8,15,22H,4,10H2,1-3H3. The topological polar surface area (TPSA) is 107 Å². The summed E-state index contributed by atoms with van der Waals surface area (Å²) < 4.78 is 33.4. The van der Waals surface area contributed by atoms with E-state index in [1.807, 2.05) is 6.07 Å². The zero-order valence-corrected chi connectivity index (χ0v) is 15.6. The summed E-state index contributed by atoms with van der Waals surface area (Å²) in [5.41, 5.74) is 1.48. The lowest BCUT2D eigenvalue weighted by molar-refractivity contribution is 0.0677. The highest BCUT2D eigenvalue weighted by molar-refractivity contribution is 5.65. The van der Waals surface area contributed by atoms with Crippen molar-refractivity contribution >= 4 is 12.3 Å². The number of rotatable bonds is 5. The molecule has 1 aliphatic heterocycles. The molecule has 1 N–H and O–H groups in total. The highest BCUT2D eigenvalue weighted by atomic mass is 19.1. The molecule has 1 heterocycles. The summed E-state index contributed by atoms with van der Waals surface area (Å²) in [6.45, 7) is 3.20. The highest BCUT2D eigenvalue weighted by Crippen LogP contribution is 2.39. The molecule has 0 saturated heterocycles. The van der Waals surface area contributed by atoms with Crippen molar-refractivity contribution in [2.24, 2.45) is 0 Å². The predicted octanol–water partition coefficient (Wildman–Crippen LogP) is 3.83. The van der Waals surface area contributed by atoms with Gasteiger partial charge in [-0.3, -0.25) is 0 Å². The predicted molar refractivity (Wildman–Crippen MR) is 93.8 cm³/mol. The monoisotopic (exact) mass is 390 g/mol. The number of nitriles is 1. The Hall–Kier alpha value is -3.54. The number of halogens is 1. The van der Waals surface area contributed by atoms with Crippen LogP contribution in [0.25, 0.3) is 0 Å². The number of carbonyl (C=O) groups is 2. The quantitative estimate of drug-likeness (QED) is 0.597. The van der Waals surface area contributed by atoms with Crippen molar-refractivity contribution in [1.29, 1.82) is 5.26 Å². The molecular weight excluding hydrogens is 371 g/mol. The van der Waals surface area contributed by atoms with Gasteiger partial charge in [-0.25, -0.2) is 14.0 Å². The first kappa shape index (κ1) is 20.8. The Labute approximate surface area is 161 Å². The fourth-order valence-electron chi connectivity index (χ4n) is 2.62. The molecule has 8 nitrogen and oxygen atoms in total. The third-order valence-electron chi connectivity index (χ3n) is 3.83. The number of benzene rings is 1. The van der Waals surface area contributed by atoms with Gasteiger partial charge < -0.3 is 24.3 Å². The van der Waals surface area contributed by atoms with E-state index in [1.165, 1.54) is 24.3 Å². The van der Waals surface area contributed by atoms with Crippen LogP contribution < -0.4 is 5.32 Å². The zero-order chi connectivity index (χ0) is 20.7. The fraction of sp³-hybridized carbons (Fsp3) is 0.316. The maximum atomic E-state index is 13.4. The molecule has 0 saturated carbocycles. The van der Waals surface area contributed by atoms with Gasteiger partial charge in [-0.05, 0) is 31.5 Å². The van der Waals surface area contributed by atoms with E-state index >= 15 is 0 Å². The lowest BCUT2D eigenvalue weighted by Gasteiger charge is -2.30. The minimum atomic E-state index is -1.02. The number of carbonyl (C=O) groups excluding carboxylic acids is 2. The number of dihydropyridines is 1.